The number of ketones is 1. The number of hydrogen-bond donors (Lipinski definition) is 3. The van der Waals surface area contributed by atoms with Crippen LogP contribution in [0.3, 0.4) is 0 Å². The first kappa shape index (κ1) is 18.6. The molecule has 0 unspecified atom stereocenters. The van der Waals surface area contributed by atoms with Crippen LogP contribution in [0.1, 0.15) is 25.3 Å². The lowest BCUT2D eigenvalue weighted by Gasteiger charge is -2.15. The smallest absolute Gasteiger partial charge is 0.407 e. The summed E-state index contributed by atoms with van der Waals surface area (Å²) in [6.07, 6.45) is -0.161. The fraction of sp³-hybridized carbons (Fsp3) is 0.438. The molecule has 1 aromatic rings. The average Bonchev–Trinajstić information content (AvgIpc) is 2.55. The van der Waals surface area contributed by atoms with Crippen molar-refractivity contribution >= 4 is 17.8 Å². The second kappa shape index (κ2) is 9.58. The van der Waals surface area contributed by atoms with E-state index in [0.29, 0.717) is 6.42 Å². The third-order valence-electron chi connectivity index (χ3n) is 3.42. The van der Waals surface area contributed by atoms with Gasteiger partial charge < -0.3 is 20.9 Å². The lowest BCUT2D eigenvalue weighted by Crippen LogP contribution is -2.37. The van der Waals surface area contributed by atoms with E-state index in [1.165, 1.54) is 0 Å². The van der Waals surface area contributed by atoms with Gasteiger partial charge in [0.15, 0.2) is 5.78 Å². The average molecular weight is 322 g/mol. The van der Waals surface area contributed by atoms with Crippen molar-refractivity contribution in [1.29, 1.82) is 0 Å². The highest BCUT2D eigenvalue weighted by atomic mass is 16.5. The molecular formula is C16H22N2O5. The number of amides is 1. The first-order valence-electron chi connectivity index (χ1n) is 7.34. The van der Waals surface area contributed by atoms with Crippen LogP contribution < -0.4 is 11.1 Å². The van der Waals surface area contributed by atoms with Gasteiger partial charge >= 0.3 is 12.1 Å². The highest BCUT2D eigenvalue weighted by Crippen LogP contribution is 2.09. The van der Waals surface area contributed by atoms with Gasteiger partial charge in [-0.15, -0.1) is 0 Å². The number of benzene rings is 1. The Morgan fingerprint density at radius 1 is 1.26 bits per heavy atom. The van der Waals surface area contributed by atoms with Gasteiger partial charge in [-0.2, -0.15) is 0 Å². The van der Waals surface area contributed by atoms with Crippen LogP contribution in [0.2, 0.25) is 0 Å². The van der Waals surface area contributed by atoms with Crippen molar-refractivity contribution in [3.63, 3.8) is 0 Å². The van der Waals surface area contributed by atoms with Crippen LogP contribution in [0.25, 0.3) is 0 Å². The molecule has 23 heavy (non-hydrogen) atoms. The summed E-state index contributed by atoms with van der Waals surface area (Å²) in [6, 6.07) is 8.19. The monoisotopic (exact) mass is 322 g/mol. The maximum atomic E-state index is 11.7. The predicted molar refractivity (Wildman–Crippen MR) is 83.6 cm³/mol. The lowest BCUT2D eigenvalue weighted by atomic mass is 9.96. The maximum Gasteiger partial charge on any atom is 0.407 e. The van der Waals surface area contributed by atoms with Gasteiger partial charge in [0.1, 0.15) is 12.6 Å². The van der Waals surface area contributed by atoms with Crippen LogP contribution in [0.5, 0.6) is 0 Å². The molecule has 4 N–H and O–H groups in total. The van der Waals surface area contributed by atoms with Crippen LogP contribution in [0.15, 0.2) is 30.3 Å². The van der Waals surface area contributed by atoms with E-state index in [2.05, 4.69) is 5.32 Å². The van der Waals surface area contributed by atoms with Crippen LogP contribution >= 0.6 is 0 Å². The molecular weight excluding hydrogens is 300 g/mol. The Balaban J connectivity index is 2.20. The number of carboxylic acids is 1. The van der Waals surface area contributed by atoms with E-state index in [9.17, 15) is 14.4 Å². The molecule has 0 heterocycles. The molecule has 0 spiro atoms. The van der Waals surface area contributed by atoms with Gasteiger partial charge in [0, 0.05) is 6.42 Å². The number of nitrogens with one attached hydrogen (secondary N) is 1. The van der Waals surface area contributed by atoms with Crippen molar-refractivity contribution in [3.8, 4) is 0 Å². The molecule has 0 saturated heterocycles. The van der Waals surface area contributed by atoms with Crippen LogP contribution in [0, 0.1) is 5.92 Å². The van der Waals surface area contributed by atoms with Crippen molar-refractivity contribution in [2.75, 3.05) is 6.54 Å². The Morgan fingerprint density at radius 2 is 1.91 bits per heavy atom. The highest BCUT2D eigenvalue weighted by molar-refractivity contribution is 5.84. The largest absolute Gasteiger partial charge is 0.480 e. The molecule has 7 heteroatoms. The molecule has 1 amide bonds. The molecule has 7 nitrogen and oxygen atoms in total. The van der Waals surface area contributed by atoms with Gasteiger partial charge in [0.05, 0.1) is 6.54 Å². The quantitative estimate of drug-likeness (QED) is 0.631. The van der Waals surface area contributed by atoms with E-state index in [-0.39, 0.29) is 31.3 Å². The number of alkyl carbamates (subject to hydrolysis) is 1. The summed E-state index contributed by atoms with van der Waals surface area (Å²) in [7, 11) is 0. The second-order valence-electron chi connectivity index (χ2n) is 5.33. The first-order chi connectivity index (χ1) is 10.9. The summed E-state index contributed by atoms with van der Waals surface area (Å²) in [5.41, 5.74) is 6.31. The van der Waals surface area contributed by atoms with Crippen LogP contribution in [-0.4, -0.2) is 35.5 Å². The molecule has 0 aliphatic carbocycles. The van der Waals surface area contributed by atoms with E-state index >= 15 is 0 Å². The van der Waals surface area contributed by atoms with Crippen molar-refractivity contribution < 1.29 is 24.2 Å². The Bertz CT molecular complexity index is 533. The van der Waals surface area contributed by atoms with E-state index in [1.807, 2.05) is 30.3 Å². The molecule has 1 aromatic carbocycles. The molecule has 0 saturated carbocycles. The molecule has 0 bridgehead atoms. The summed E-state index contributed by atoms with van der Waals surface area (Å²) < 4.78 is 4.97. The molecule has 0 radical (unpaired) electrons. The van der Waals surface area contributed by atoms with Crippen LogP contribution in [-0.2, 0) is 20.9 Å². The lowest BCUT2D eigenvalue weighted by molar-refractivity contribution is -0.140. The number of ether oxygens (including phenoxy) is 1. The number of nitrogens with two attached hydrogens (primary N) is 1. The summed E-state index contributed by atoms with van der Waals surface area (Å²) in [5, 5.41) is 11.1. The van der Waals surface area contributed by atoms with Crippen molar-refractivity contribution in [1.82, 2.24) is 5.32 Å². The van der Waals surface area contributed by atoms with Crippen molar-refractivity contribution in [2.45, 2.75) is 32.4 Å². The minimum Gasteiger partial charge on any atom is -0.480 e. The molecule has 0 fully saturated rings. The van der Waals surface area contributed by atoms with Gasteiger partial charge in [-0.1, -0.05) is 37.3 Å². The molecule has 0 aromatic heterocycles. The number of hydrogen-bond acceptors (Lipinski definition) is 5. The maximum absolute atomic E-state index is 11.7. The Labute approximate surface area is 134 Å². The number of carboxylic acid groups (broad SMARTS) is 1. The fourth-order valence-electron chi connectivity index (χ4n) is 1.84. The molecule has 0 aliphatic rings. The molecule has 1 rings (SSSR count). The highest BCUT2D eigenvalue weighted by Gasteiger charge is 2.20. The van der Waals surface area contributed by atoms with Crippen LogP contribution in [0.4, 0.5) is 4.79 Å². The zero-order valence-corrected chi connectivity index (χ0v) is 13.0. The molecule has 2 atom stereocenters. The van der Waals surface area contributed by atoms with Gasteiger partial charge in [0.25, 0.3) is 0 Å². The normalized spacial score (nSPS) is 13.0. The zero-order valence-electron chi connectivity index (χ0n) is 13.0. The first-order valence-corrected chi connectivity index (χ1v) is 7.34. The summed E-state index contributed by atoms with van der Waals surface area (Å²) in [6.45, 7) is 1.65. The van der Waals surface area contributed by atoms with E-state index < -0.39 is 18.1 Å². The molecule has 126 valence electrons. The Kier molecular flexibility index (Phi) is 7.76. The standard InChI is InChI=1S/C16H22N2O5/c1-11(14(17)15(20)21)7-8-13(19)9-18-16(22)23-10-12-5-3-2-4-6-12/h2-6,11,14H,7-10,17H2,1H3,(H,18,22)(H,20,21)/t11-,14-/m0/s1. The number of carbonyl (C=O) groups is 3. The van der Waals surface area contributed by atoms with E-state index in [0.717, 1.165) is 5.56 Å². The third-order valence-corrected chi connectivity index (χ3v) is 3.42. The summed E-state index contributed by atoms with van der Waals surface area (Å²) in [5.74, 6) is -1.61. The van der Waals surface area contributed by atoms with Gasteiger partial charge in [-0.25, -0.2) is 4.79 Å². The summed E-state index contributed by atoms with van der Waals surface area (Å²) in [4.78, 5) is 33.8. The zero-order chi connectivity index (χ0) is 17.2. The number of rotatable bonds is 9. The Morgan fingerprint density at radius 3 is 2.52 bits per heavy atom. The van der Waals surface area contributed by atoms with E-state index in [4.69, 9.17) is 15.6 Å². The summed E-state index contributed by atoms with van der Waals surface area (Å²) >= 11 is 0. The minimum atomic E-state index is -1.09. The predicted octanol–water partition coefficient (Wildman–Crippen LogP) is 1.31. The Hall–Kier alpha value is -2.41. The molecule has 0 aliphatic heterocycles. The van der Waals surface area contributed by atoms with Crippen molar-refractivity contribution in [3.05, 3.63) is 35.9 Å². The third kappa shape index (κ3) is 7.42. The van der Waals surface area contributed by atoms with E-state index in [1.54, 1.807) is 6.92 Å². The number of aliphatic carboxylic acids is 1. The minimum absolute atomic E-state index is 0.130. The topological polar surface area (TPSA) is 119 Å². The number of carbonyl (C=O) groups excluding carboxylic acids is 2. The van der Waals surface area contributed by atoms with Crippen molar-refractivity contribution in [2.24, 2.45) is 11.7 Å². The van der Waals surface area contributed by atoms with Gasteiger partial charge in [-0.05, 0) is 17.9 Å². The second-order valence-corrected chi connectivity index (χ2v) is 5.33. The number of Topliss-reactive ketones (excluding diaryl/α,β-unsaturated/α-hetero) is 1. The fourth-order valence-corrected chi connectivity index (χ4v) is 1.84. The van der Waals surface area contributed by atoms with Gasteiger partial charge in [-0.3, -0.25) is 9.59 Å². The SMILES string of the molecule is C[C@@H](CCC(=O)CNC(=O)OCc1ccccc1)[C@H](N)C(=O)O. The van der Waals surface area contributed by atoms with Gasteiger partial charge in [0.2, 0.25) is 0 Å².